The SMILES string of the molecule is C[C@@H]1CCCCO[C@@H](CN(C)C(=O)CCC(F)(F)F)[C@@H](C)CN([C@H](C)CO)C(=O)c2cc(NC(=O)Nc3ccc4c(c3)OCO4)ccc2O1. The zero-order chi connectivity index (χ0) is 35.7. The van der Waals surface area contributed by atoms with Crippen molar-refractivity contribution in [1.29, 1.82) is 0 Å². The lowest BCUT2D eigenvalue weighted by Gasteiger charge is -2.36. The molecule has 0 aromatic heterocycles. The van der Waals surface area contributed by atoms with Gasteiger partial charge in [0.05, 0.1) is 36.8 Å². The number of hydrogen-bond donors (Lipinski definition) is 3. The van der Waals surface area contributed by atoms with Crippen molar-refractivity contribution in [1.82, 2.24) is 9.80 Å². The fourth-order valence-electron chi connectivity index (χ4n) is 5.54. The van der Waals surface area contributed by atoms with Crippen LogP contribution in [0, 0.1) is 5.92 Å². The fraction of sp³-hybridized carbons (Fsp3) is 0.559. The highest BCUT2D eigenvalue weighted by Crippen LogP contribution is 2.34. The summed E-state index contributed by atoms with van der Waals surface area (Å²) in [7, 11) is 1.44. The number of carbonyl (C=O) groups excluding carboxylic acids is 3. The molecule has 0 bridgehead atoms. The van der Waals surface area contributed by atoms with Crippen LogP contribution in [0.5, 0.6) is 17.2 Å². The van der Waals surface area contributed by atoms with Gasteiger partial charge < -0.3 is 44.5 Å². The number of hydrogen-bond acceptors (Lipinski definition) is 8. The summed E-state index contributed by atoms with van der Waals surface area (Å²) in [6.45, 7) is 5.58. The van der Waals surface area contributed by atoms with Gasteiger partial charge in [-0.3, -0.25) is 9.59 Å². The molecule has 4 amide bonds. The van der Waals surface area contributed by atoms with Crippen LogP contribution in [0.1, 0.15) is 63.2 Å². The Morgan fingerprint density at radius 3 is 2.41 bits per heavy atom. The second-order valence-electron chi connectivity index (χ2n) is 12.5. The highest BCUT2D eigenvalue weighted by atomic mass is 19.4. The number of benzene rings is 2. The van der Waals surface area contributed by atoms with E-state index in [1.807, 2.05) is 13.8 Å². The minimum absolute atomic E-state index is 0.0239. The molecule has 12 nitrogen and oxygen atoms in total. The van der Waals surface area contributed by atoms with Crippen molar-refractivity contribution in [3.63, 3.8) is 0 Å². The molecular formula is C34H45F3N4O8. The second-order valence-corrected chi connectivity index (χ2v) is 12.5. The highest BCUT2D eigenvalue weighted by molar-refractivity contribution is 6.02. The predicted molar refractivity (Wildman–Crippen MR) is 175 cm³/mol. The van der Waals surface area contributed by atoms with Crippen molar-refractivity contribution in [2.45, 2.75) is 77.3 Å². The van der Waals surface area contributed by atoms with Crippen molar-refractivity contribution in [2.24, 2.45) is 5.92 Å². The van der Waals surface area contributed by atoms with Crippen molar-refractivity contribution >= 4 is 29.2 Å². The van der Waals surface area contributed by atoms with E-state index in [4.69, 9.17) is 18.9 Å². The number of nitrogens with one attached hydrogen (secondary N) is 2. The van der Waals surface area contributed by atoms with E-state index in [-0.39, 0.29) is 38.2 Å². The van der Waals surface area contributed by atoms with Crippen LogP contribution in [-0.2, 0) is 9.53 Å². The number of urea groups is 1. The smallest absolute Gasteiger partial charge is 0.389 e. The topological polar surface area (TPSA) is 139 Å². The van der Waals surface area contributed by atoms with E-state index in [2.05, 4.69) is 10.6 Å². The molecule has 2 aliphatic heterocycles. The fourth-order valence-corrected chi connectivity index (χ4v) is 5.54. The number of likely N-dealkylation sites (N-methyl/N-ethyl adjacent to an activating group) is 1. The van der Waals surface area contributed by atoms with Crippen molar-refractivity contribution in [3.05, 3.63) is 42.0 Å². The Kier molecular flexibility index (Phi) is 13.0. The van der Waals surface area contributed by atoms with Crippen LogP contribution in [0.4, 0.5) is 29.3 Å². The number of aliphatic hydroxyl groups is 1. The Morgan fingerprint density at radius 1 is 1.04 bits per heavy atom. The lowest BCUT2D eigenvalue weighted by atomic mass is 10.0. The quantitative estimate of drug-likeness (QED) is 0.322. The maximum Gasteiger partial charge on any atom is 0.389 e. The van der Waals surface area contributed by atoms with E-state index in [1.54, 1.807) is 37.3 Å². The first-order valence-corrected chi connectivity index (χ1v) is 16.4. The van der Waals surface area contributed by atoms with Crippen LogP contribution in [0.15, 0.2) is 36.4 Å². The zero-order valence-electron chi connectivity index (χ0n) is 28.2. The lowest BCUT2D eigenvalue weighted by Crippen LogP contribution is -2.48. The third-order valence-electron chi connectivity index (χ3n) is 8.44. The number of halogens is 3. The Balaban J connectivity index is 1.56. The summed E-state index contributed by atoms with van der Waals surface area (Å²) >= 11 is 0. The number of fused-ring (bicyclic) bond motifs is 2. The summed E-state index contributed by atoms with van der Waals surface area (Å²) in [5.41, 5.74) is 0.941. The zero-order valence-corrected chi connectivity index (χ0v) is 28.2. The Labute approximate surface area is 283 Å². The number of anilines is 2. The number of nitrogens with zero attached hydrogens (tertiary/aromatic N) is 2. The molecule has 2 aromatic carbocycles. The molecule has 0 unspecified atom stereocenters. The van der Waals surface area contributed by atoms with Crippen LogP contribution < -0.4 is 24.8 Å². The molecule has 4 atom stereocenters. The third-order valence-corrected chi connectivity index (χ3v) is 8.44. The monoisotopic (exact) mass is 694 g/mol. The van der Waals surface area contributed by atoms with Gasteiger partial charge in [0.2, 0.25) is 12.7 Å². The molecule has 2 heterocycles. The van der Waals surface area contributed by atoms with Gasteiger partial charge in [0.1, 0.15) is 5.75 Å². The second kappa shape index (κ2) is 16.9. The molecule has 0 saturated carbocycles. The molecular weight excluding hydrogens is 649 g/mol. The predicted octanol–water partition coefficient (Wildman–Crippen LogP) is 5.66. The van der Waals surface area contributed by atoms with E-state index < -0.39 is 54.9 Å². The first-order valence-electron chi connectivity index (χ1n) is 16.4. The van der Waals surface area contributed by atoms with Gasteiger partial charge in [0, 0.05) is 56.5 Å². The average molecular weight is 695 g/mol. The molecule has 0 spiro atoms. The normalized spacial score (nSPS) is 20.8. The number of rotatable bonds is 8. The molecule has 3 N–H and O–H groups in total. The van der Waals surface area contributed by atoms with Gasteiger partial charge >= 0.3 is 12.2 Å². The third kappa shape index (κ3) is 10.9. The summed E-state index contributed by atoms with van der Waals surface area (Å²) < 4.78 is 61.3. The Hall–Kier alpha value is -4.24. The van der Waals surface area contributed by atoms with Crippen LogP contribution in [-0.4, -0.2) is 97.3 Å². The molecule has 2 aliphatic rings. The van der Waals surface area contributed by atoms with Crippen molar-refractivity contribution in [3.8, 4) is 17.2 Å². The van der Waals surface area contributed by atoms with Crippen LogP contribution in [0.2, 0.25) is 0 Å². The van der Waals surface area contributed by atoms with Crippen LogP contribution in [0.3, 0.4) is 0 Å². The van der Waals surface area contributed by atoms with Gasteiger partial charge in [-0.15, -0.1) is 0 Å². The number of aliphatic hydroxyl groups excluding tert-OH is 1. The van der Waals surface area contributed by atoms with Gasteiger partial charge in [0.15, 0.2) is 11.5 Å². The maximum absolute atomic E-state index is 14.3. The number of carbonyl (C=O) groups is 3. The maximum atomic E-state index is 14.3. The molecule has 0 radical (unpaired) electrons. The molecule has 0 saturated heterocycles. The first kappa shape index (κ1) is 37.6. The van der Waals surface area contributed by atoms with E-state index in [0.717, 1.165) is 6.42 Å². The molecule has 0 fully saturated rings. The minimum Gasteiger partial charge on any atom is -0.490 e. The van der Waals surface area contributed by atoms with E-state index in [1.165, 1.54) is 22.9 Å². The molecule has 270 valence electrons. The van der Waals surface area contributed by atoms with Gasteiger partial charge in [-0.2, -0.15) is 13.2 Å². The molecule has 4 rings (SSSR count). The summed E-state index contributed by atoms with van der Waals surface area (Å²) in [5, 5.41) is 15.6. The summed E-state index contributed by atoms with van der Waals surface area (Å²) in [6.07, 6.45) is -5.18. The van der Waals surface area contributed by atoms with Crippen LogP contribution in [0.25, 0.3) is 0 Å². The number of amides is 4. The van der Waals surface area contributed by atoms with E-state index >= 15 is 0 Å². The molecule has 0 aliphatic carbocycles. The number of alkyl halides is 3. The standard InChI is InChI=1S/C34H45F3N4O8/c1-21-17-41(22(2)19-42)32(44)26-15-24(38-33(45)39-25-9-11-28-29(16-25)48-20-47-28)8-10-27(26)49-23(3)7-5-6-14-46-30(21)18-40(4)31(43)12-13-34(35,36)37/h8-11,15-16,21-23,30,42H,5-7,12-14,17-20H2,1-4H3,(H2,38,39,45)/t21-,22+,23+,30-/m0/s1. The van der Waals surface area contributed by atoms with Gasteiger partial charge in [-0.25, -0.2) is 4.79 Å². The molecule has 15 heteroatoms. The average Bonchev–Trinajstić information content (AvgIpc) is 3.52. The molecule has 2 aromatic rings. The van der Waals surface area contributed by atoms with Gasteiger partial charge in [0.25, 0.3) is 5.91 Å². The van der Waals surface area contributed by atoms with Gasteiger partial charge in [-0.1, -0.05) is 6.92 Å². The summed E-state index contributed by atoms with van der Waals surface area (Å²) in [6, 6.07) is 8.51. The highest BCUT2D eigenvalue weighted by Gasteiger charge is 2.32. The van der Waals surface area contributed by atoms with Crippen molar-refractivity contribution < 1.29 is 51.6 Å². The summed E-state index contributed by atoms with van der Waals surface area (Å²) in [4.78, 5) is 42.5. The van der Waals surface area contributed by atoms with Gasteiger partial charge in [-0.05, 0) is 63.4 Å². The largest absolute Gasteiger partial charge is 0.490 e. The first-order chi connectivity index (χ1) is 23.2. The summed E-state index contributed by atoms with van der Waals surface area (Å²) in [5.74, 6) is -0.147. The lowest BCUT2D eigenvalue weighted by molar-refractivity contribution is -0.149. The number of ether oxygens (including phenoxy) is 4. The molecule has 49 heavy (non-hydrogen) atoms. The Bertz CT molecular complexity index is 1460. The minimum atomic E-state index is -4.45. The Morgan fingerprint density at radius 2 is 1.71 bits per heavy atom. The van der Waals surface area contributed by atoms with E-state index in [0.29, 0.717) is 48.1 Å². The van der Waals surface area contributed by atoms with E-state index in [9.17, 15) is 32.7 Å². The van der Waals surface area contributed by atoms with Crippen molar-refractivity contribution in [2.75, 3.05) is 50.8 Å². The van der Waals surface area contributed by atoms with Crippen LogP contribution >= 0.6 is 0 Å².